The molecule has 2 aliphatic rings. The predicted molar refractivity (Wildman–Crippen MR) is 115 cm³/mol. The van der Waals surface area contributed by atoms with E-state index in [9.17, 15) is 0 Å². The van der Waals surface area contributed by atoms with Gasteiger partial charge in [-0.05, 0) is 37.4 Å². The summed E-state index contributed by atoms with van der Waals surface area (Å²) < 4.78 is 16.7. The Morgan fingerprint density at radius 2 is 1.62 bits per heavy atom. The summed E-state index contributed by atoms with van der Waals surface area (Å²) in [5, 5.41) is 0. The SMILES string of the molecule is COc1cc(OC)c(OC)cc1CN1C[C@@H]2CCCN2C[C@H]1Cc1ccccc1. The Bertz CT molecular complexity index is 811. The van der Waals surface area contributed by atoms with Crippen molar-refractivity contribution in [2.24, 2.45) is 0 Å². The molecular formula is C24H32N2O3. The third kappa shape index (κ3) is 4.36. The van der Waals surface area contributed by atoms with Crippen molar-refractivity contribution in [2.75, 3.05) is 41.0 Å². The van der Waals surface area contributed by atoms with Gasteiger partial charge in [-0.3, -0.25) is 9.80 Å². The lowest BCUT2D eigenvalue weighted by Crippen LogP contribution is -2.56. The van der Waals surface area contributed by atoms with E-state index in [1.807, 2.05) is 6.07 Å². The van der Waals surface area contributed by atoms with Crippen molar-refractivity contribution in [3.05, 3.63) is 53.6 Å². The van der Waals surface area contributed by atoms with Gasteiger partial charge in [0.25, 0.3) is 0 Å². The van der Waals surface area contributed by atoms with Gasteiger partial charge in [0.2, 0.25) is 0 Å². The molecule has 0 saturated carbocycles. The van der Waals surface area contributed by atoms with Crippen LogP contribution in [-0.4, -0.2) is 62.8 Å². The van der Waals surface area contributed by atoms with Crippen molar-refractivity contribution in [2.45, 2.75) is 37.9 Å². The van der Waals surface area contributed by atoms with Crippen LogP contribution in [-0.2, 0) is 13.0 Å². The maximum absolute atomic E-state index is 5.70. The number of fused-ring (bicyclic) bond motifs is 1. The van der Waals surface area contributed by atoms with Crippen LogP contribution in [0, 0.1) is 0 Å². The highest BCUT2D eigenvalue weighted by molar-refractivity contribution is 5.50. The maximum atomic E-state index is 5.70. The van der Waals surface area contributed by atoms with Gasteiger partial charge in [-0.2, -0.15) is 0 Å². The first kappa shape index (κ1) is 20.0. The number of nitrogens with zero attached hydrogens (tertiary/aromatic N) is 2. The predicted octanol–water partition coefficient (Wildman–Crippen LogP) is 3.60. The minimum Gasteiger partial charge on any atom is -0.496 e. The first-order chi connectivity index (χ1) is 14.2. The number of methoxy groups -OCH3 is 3. The summed E-state index contributed by atoms with van der Waals surface area (Å²) in [4.78, 5) is 5.33. The van der Waals surface area contributed by atoms with E-state index in [1.165, 1.54) is 24.9 Å². The fraction of sp³-hybridized carbons (Fsp3) is 0.500. The Kier molecular flexibility index (Phi) is 6.26. The van der Waals surface area contributed by atoms with Crippen LogP contribution < -0.4 is 14.2 Å². The van der Waals surface area contributed by atoms with Crippen LogP contribution in [0.3, 0.4) is 0 Å². The minimum absolute atomic E-state index is 0.490. The third-order valence-corrected chi connectivity index (χ3v) is 6.38. The molecule has 2 fully saturated rings. The molecule has 0 N–H and O–H groups in total. The summed E-state index contributed by atoms with van der Waals surface area (Å²) in [6.07, 6.45) is 3.69. The molecule has 2 atom stereocenters. The van der Waals surface area contributed by atoms with Gasteiger partial charge in [-0.1, -0.05) is 30.3 Å². The van der Waals surface area contributed by atoms with Gasteiger partial charge in [0.05, 0.1) is 21.3 Å². The second kappa shape index (κ2) is 9.06. The average molecular weight is 397 g/mol. The molecule has 5 heteroatoms. The number of hydrogen-bond donors (Lipinski definition) is 0. The number of piperazine rings is 1. The molecule has 0 bridgehead atoms. The topological polar surface area (TPSA) is 34.2 Å². The van der Waals surface area contributed by atoms with Gasteiger partial charge in [0, 0.05) is 43.3 Å². The van der Waals surface area contributed by atoms with Crippen LogP contribution in [0.15, 0.2) is 42.5 Å². The van der Waals surface area contributed by atoms with Crippen LogP contribution in [0.5, 0.6) is 17.2 Å². The first-order valence-electron chi connectivity index (χ1n) is 10.5. The number of benzene rings is 2. The molecule has 0 spiro atoms. The van der Waals surface area contributed by atoms with Crippen LogP contribution in [0.25, 0.3) is 0 Å². The summed E-state index contributed by atoms with van der Waals surface area (Å²) in [6.45, 7) is 4.33. The van der Waals surface area contributed by atoms with Crippen molar-refractivity contribution in [3.8, 4) is 17.2 Å². The Labute approximate surface area is 174 Å². The largest absolute Gasteiger partial charge is 0.496 e. The Morgan fingerprint density at radius 1 is 0.897 bits per heavy atom. The molecule has 2 saturated heterocycles. The smallest absolute Gasteiger partial charge is 0.164 e. The molecule has 29 heavy (non-hydrogen) atoms. The van der Waals surface area contributed by atoms with E-state index in [0.29, 0.717) is 17.8 Å². The van der Waals surface area contributed by atoms with E-state index in [4.69, 9.17) is 14.2 Å². The van der Waals surface area contributed by atoms with Crippen LogP contribution >= 0.6 is 0 Å². The highest BCUT2D eigenvalue weighted by atomic mass is 16.5. The zero-order valence-electron chi connectivity index (χ0n) is 17.8. The minimum atomic E-state index is 0.490. The zero-order valence-corrected chi connectivity index (χ0v) is 17.8. The molecule has 0 amide bonds. The molecule has 4 rings (SSSR count). The van der Waals surface area contributed by atoms with E-state index < -0.39 is 0 Å². The molecule has 0 radical (unpaired) electrons. The molecule has 0 aliphatic carbocycles. The Morgan fingerprint density at radius 3 is 2.34 bits per heavy atom. The van der Waals surface area contributed by atoms with Crippen LogP contribution in [0.2, 0.25) is 0 Å². The van der Waals surface area contributed by atoms with Gasteiger partial charge < -0.3 is 14.2 Å². The molecule has 2 aliphatic heterocycles. The van der Waals surface area contributed by atoms with Gasteiger partial charge in [-0.25, -0.2) is 0 Å². The summed E-state index contributed by atoms with van der Waals surface area (Å²) in [5.74, 6) is 2.31. The summed E-state index contributed by atoms with van der Waals surface area (Å²) in [6, 6.07) is 16.0. The molecule has 0 unspecified atom stereocenters. The quantitative estimate of drug-likeness (QED) is 0.714. The zero-order chi connectivity index (χ0) is 20.2. The van der Waals surface area contributed by atoms with Crippen molar-refractivity contribution in [1.29, 1.82) is 0 Å². The lowest BCUT2D eigenvalue weighted by molar-refractivity contribution is 0.0450. The summed E-state index contributed by atoms with van der Waals surface area (Å²) in [5.41, 5.74) is 2.55. The molecule has 2 heterocycles. The second-order valence-electron chi connectivity index (χ2n) is 8.08. The van der Waals surface area contributed by atoms with Crippen molar-refractivity contribution >= 4 is 0 Å². The fourth-order valence-electron chi connectivity index (χ4n) is 4.86. The highest BCUT2D eigenvalue weighted by Crippen LogP contribution is 2.36. The third-order valence-electron chi connectivity index (χ3n) is 6.38. The van der Waals surface area contributed by atoms with E-state index in [0.717, 1.165) is 43.1 Å². The van der Waals surface area contributed by atoms with Crippen LogP contribution in [0.4, 0.5) is 0 Å². The van der Waals surface area contributed by atoms with Crippen molar-refractivity contribution in [1.82, 2.24) is 9.80 Å². The number of hydrogen-bond acceptors (Lipinski definition) is 5. The molecule has 2 aromatic rings. The first-order valence-corrected chi connectivity index (χ1v) is 10.5. The van der Waals surface area contributed by atoms with Gasteiger partial charge in [0.15, 0.2) is 11.5 Å². The molecule has 0 aromatic heterocycles. The average Bonchev–Trinajstić information content (AvgIpc) is 3.21. The Hall–Kier alpha value is -2.24. The van der Waals surface area contributed by atoms with Crippen LogP contribution in [0.1, 0.15) is 24.0 Å². The normalized spacial score (nSPS) is 22.3. The highest BCUT2D eigenvalue weighted by Gasteiger charge is 2.36. The molecular weight excluding hydrogens is 364 g/mol. The second-order valence-corrected chi connectivity index (χ2v) is 8.08. The number of rotatable bonds is 7. The van der Waals surface area contributed by atoms with Gasteiger partial charge in [0.1, 0.15) is 5.75 Å². The standard InChI is InChI=1S/C24H32N2O3/c1-27-22-14-24(29-3)23(28-2)13-19(22)15-26-16-20-10-7-11-25(20)17-21(26)12-18-8-5-4-6-9-18/h4-6,8-9,13-14,20-21H,7,10-12,15-17H2,1-3H3/t20-,21+/m0/s1. The Balaban J connectivity index is 1.60. The van der Waals surface area contributed by atoms with E-state index in [1.54, 1.807) is 21.3 Å². The molecule has 5 nitrogen and oxygen atoms in total. The van der Waals surface area contributed by atoms with Gasteiger partial charge in [-0.15, -0.1) is 0 Å². The fourth-order valence-corrected chi connectivity index (χ4v) is 4.86. The number of ether oxygens (including phenoxy) is 3. The van der Waals surface area contributed by atoms with E-state index in [-0.39, 0.29) is 0 Å². The summed E-state index contributed by atoms with van der Waals surface area (Å²) >= 11 is 0. The molecule has 2 aromatic carbocycles. The van der Waals surface area contributed by atoms with Gasteiger partial charge >= 0.3 is 0 Å². The van der Waals surface area contributed by atoms with Crippen molar-refractivity contribution in [3.63, 3.8) is 0 Å². The molecule has 156 valence electrons. The lowest BCUT2D eigenvalue weighted by Gasteiger charge is -2.44. The van der Waals surface area contributed by atoms with E-state index >= 15 is 0 Å². The maximum Gasteiger partial charge on any atom is 0.164 e. The lowest BCUT2D eigenvalue weighted by atomic mass is 9.98. The van der Waals surface area contributed by atoms with Crippen molar-refractivity contribution < 1.29 is 14.2 Å². The monoisotopic (exact) mass is 396 g/mol. The summed E-state index contributed by atoms with van der Waals surface area (Å²) in [7, 11) is 5.07. The van der Waals surface area contributed by atoms with E-state index in [2.05, 4.69) is 46.2 Å².